The number of esters is 1. The minimum Gasteiger partial charge on any atom is -0.451 e. The molecule has 6 heteroatoms. The molecule has 0 aliphatic carbocycles. The summed E-state index contributed by atoms with van der Waals surface area (Å²) < 4.78 is 18.3. The molecule has 0 bridgehead atoms. The number of fused-ring (bicyclic) bond motifs is 1. The van der Waals surface area contributed by atoms with Gasteiger partial charge in [0.25, 0.3) is 0 Å². The number of carbonyl (C=O) groups excluding carboxylic acids is 2. The molecular formula is C23H24FNO3S. The van der Waals surface area contributed by atoms with E-state index in [2.05, 4.69) is 0 Å². The quantitative estimate of drug-likeness (QED) is 0.522. The van der Waals surface area contributed by atoms with Gasteiger partial charge < -0.3 is 9.64 Å². The van der Waals surface area contributed by atoms with Gasteiger partial charge in [-0.1, -0.05) is 60.7 Å². The molecule has 0 saturated carbocycles. The Bertz CT molecular complexity index is 850. The molecule has 2 aliphatic heterocycles. The van der Waals surface area contributed by atoms with Gasteiger partial charge >= 0.3 is 5.97 Å². The van der Waals surface area contributed by atoms with E-state index in [0.717, 1.165) is 11.1 Å². The lowest BCUT2D eigenvalue weighted by molar-refractivity contribution is -0.169. The summed E-state index contributed by atoms with van der Waals surface area (Å²) in [5.74, 6) is -0.917. The van der Waals surface area contributed by atoms with Crippen LogP contribution < -0.4 is 0 Å². The molecule has 0 radical (unpaired) electrons. The van der Waals surface area contributed by atoms with Crippen LogP contribution in [0.3, 0.4) is 0 Å². The van der Waals surface area contributed by atoms with Gasteiger partial charge in [-0.2, -0.15) is 0 Å². The normalized spacial score (nSPS) is 24.9. The number of carbonyl (C=O) groups is 2. The van der Waals surface area contributed by atoms with E-state index in [1.165, 1.54) is 0 Å². The highest BCUT2D eigenvalue weighted by atomic mass is 32.2. The van der Waals surface area contributed by atoms with E-state index in [1.807, 2.05) is 74.5 Å². The van der Waals surface area contributed by atoms with Crippen LogP contribution in [0.2, 0.25) is 0 Å². The Morgan fingerprint density at radius 2 is 1.66 bits per heavy atom. The Morgan fingerprint density at radius 3 is 2.17 bits per heavy atom. The number of benzene rings is 2. The Balaban J connectivity index is 1.60. The van der Waals surface area contributed by atoms with E-state index < -0.39 is 29.5 Å². The first kappa shape index (κ1) is 20.0. The number of hydrogen-bond donors (Lipinski definition) is 0. The first-order chi connectivity index (χ1) is 13.9. The zero-order chi connectivity index (χ0) is 20.6. The van der Waals surface area contributed by atoms with E-state index in [-0.39, 0.29) is 23.6 Å². The van der Waals surface area contributed by atoms with Crippen LogP contribution in [0.5, 0.6) is 0 Å². The van der Waals surface area contributed by atoms with Crippen molar-refractivity contribution in [1.29, 1.82) is 0 Å². The van der Waals surface area contributed by atoms with Gasteiger partial charge in [-0.3, -0.25) is 9.18 Å². The van der Waals surface area contributed by atoms with Gasteiger partial charge in [-0.15, -0.1) is 11.8 Å². The van der Waals surface area contributed by atoms with E-state index in [0.29, 0.717) is 0 Å². The summed E-state index contributed by atoms with van der Waals surface area (Å²) in [4.78, 5) is 27.5. The fourth-order valence-corrected chi connectivity index (χ4v) is 5.94. The number of β-lactam (4-membered cyclic amide) rings is 1. The van der Waals surface area contributed by atoms with Crippen LogP contribution in [0.1, 0.15) is 37.5 Å². The van der Waals surface area contributed by atoms with E-state index in [4.69, 9.17) is 4.74 Å². The number of ether oxygens (including phenoxy) is 1. The lowest BCUT2D eigenvalue weighted by Crippen LogP contribution is -2.62. The average molecular weight is 414 g/mol. The van der Waals surface area contributed by atoms with Crippen molar-refractivity contribution >= 4 is 23.6 Å². The Morgan fingerprint density at radius 1 is 1.10 bits per heavy atom. The molecule has 2 fully saturated rings. The van der Waals surface area contributed by atoms with E-state index in [1.54, 1.807) is 16.7 Å². The lowest BCUT2D eigenvalue weighted by Gasteiger charge is -2.44. The Labute approximate surface area is 174 Å². The molecule has 4 rings (SSSR count). The van der Waals surface area contributed by atoms with Crippen LogP contribution in [-0.2, 0) is 14.3 Å². The van der Waals surface area contributed by atoms with Gasteiger partial charge in [0, 0.05) is 4.75 Å². The molecule has 1 amide bonds. The summed E-state index contributed by atoms with van der Waals surface area (Å²) in [6, 6.07) is 18.5. The summed E-state index contributed by atoms with van der Waals surface area (Å²) in [5, 5.41) is -0.155. The zero-order valence-corrected chi connectivity index (χ0v) is 17.3. The molecule has 29 heavy (non-hydrogen) atoms. The minimum absolute atomic E-state index is 0.149. The average Bonchev–Trinajstić information content (AvgIpc) is 2.99. The Hall–Kier alpha value is -2.34. The van der Waals surface area contributed by atoms with Crippen LogP contribution >= 0.6 is 11.8 Å². The second-order valence-electron chi connectivity index (χ2n) is 7.98. The molecule has 2 aromatic carbocycles. The monoisotopic (exact) mass is 413 g/mol. The molecule has 2 aliphatic rings. The van der Waals surface area contributed by atoms with Crippen LogP contribution in [0.15, 0.2) is 60.7 Å². The largest absolute Gasteiger partial charge is 0.451 e. The maximum Gasteiger partial charge on any atom is 0.331 e. The standard InChI is InChI=1S/C23H24FNO3S/c1-23(2)19(25-20(26)17(13-14-24)21(25)29-23)22(27)28-18(15-9-5-3-6-10-15)16-11-7-4-8-12-16/h3-12,17-19,21H,13-14H2,1-2H3/t17-,19+,21-/m1/s1. The van der Waals surface area contributed by atoms with Crippen LogP contribution in [0.25, 0.3) is 0 Å². The first-order valence-electron chi connectivity index (χ1n) is 9.80. The van der Waals surface area contributed by atoms with Gasteiger partial charge in [0.2, 0.25) is 5.91 Å². The maximum atomic E-state index is 13.3. The second kappa shape index (κ2) is 7.82. The summed E-state index contributed by atoms with van der Waals surface area (Å²) in [5.41, 5.74) is 1.74. The molecule has 152 valence electrons. The predicted octanol–water partition coefficient (Wildman–Crippen LogP) is 4.36. The van der Waals surface area contributed by atoms with Crippen LogP contribution in [0.4, 0.5) is 4.39 Å². The molecule has 0 spiro atoms. The topological polar surface area (TPSA) is 46.6 Å². The SMILES string of the molecule is CC1(C)S[C@@H]2[C@H](CCF)C(=O)N2[C@H]1C(=O)OC(c1ccccc1)c1ccccc1. The molecule has 0 N–H and O–H groups in total. The number of thioether (sulfide) groups is 1. The van der Waals surface area contributed by atoms with Crippen molar-refractivity contribution in [2.24, 2.45) is 5.92 Å². The fraction of sp³-hybridized carbons (Fsp3) is 0.391. The van der Waals surface area contributed by atoms with Crippen molar-refractivity contribution in [3.05, 3.63) is 71.8 Å². The third-order valence-corrected chi connectivity index (χ3v) is 7.26. The molecule has 2 saturated heterocycles. The summed E-state index contributed by atoms with van der Waals surface area (Å²) in [6.07, 6.45) is -0.343. The number of halogens is 1. The number of alkyl halides is 1. The molecule has 4 nitrogen and oxygen atoms in total. The molecular weight excluding hydrogens is 389 g/mol. The maximum absolute atomic E-state index is 13.3. The van der Waals surface area contributed by atoms with Crippen molar-refractivity contribution < 1.29 is 18.7 Å². The van der Waals surface area contributed by atoms with E-state index >= 15 is 0 Å². The third kappa shape index (κ3) is 3.54. The van der Waals surface area contributed by atoms with Gasteiger partial charge in [-0.05, 0) is 31.4 Å². The van der Waals surface area contributed by atoms with Crippen LogP contribution in [-0.4, -0.2) is 39.6 Å². The second-order valence-corrected chi connectivity index (χ2v) is 9.75. The summed E-state index contributed by atoms with van der Waals surface area (Å²) in [6.45, 7) is 3.37. The summed E-state index contributed by atoms with van der Waals surface area (Å²) in [7, 11) is 0. The number of hydrogen-bond acceptors (Lipinski definition) is 4. The number of rotatable bonds is 6. The van der Waals surface area contributed by atoms with Crippen molar-refractivity contribution in [3.8, 4) is 0 Å². The van der Waals surface area contributed by atoms with Crippen molar-refractivity contribution in [2.45, 2.75) is 42.5 Å². The highest BCUT2D eigenvalue weighted by Gasteiger charge is 2.63. The lowest BCUT2D eigenvalue weighted by atomic mass is 9.90. The number of nitrogens with zero attached hydrogens (tertiary/aromatic N) is 1. The van der Waals surface area contributed by atoms with E-state index in [9.17, 15) is 14.0 Å². The van der Waals surface area contributed by atoms with Crippen molar-refractivity contribution in [3.63, 3.8) is 0 Å². The molecule has 2 aromatic rings. The Kier molecular flexibility index (Phi) is 5.38. The highest BCUT2D eigenvalue weighted by molar-refractivity contribution is 8.01. The fourth-order valence-electron chi connectivity index (χ4n) is 4.22. The minimum atomic E-state index is -0.684. The zero-order valence-electron chi connectivity index (χ0n) is 16.5. The van der Waals surface area contributed by atoms with Crippen molar-refractivity contribution in [2.75, 3.05) is 6.67 Å². The smallest absolute Gasteiger partial charge is 0.331 e. The number of amides is 1. The third-order valence-electron chi connectivity index (χ3n) is 5.63. The van der Waals surface area contributed by atoms with Crippen LogP contribution in [0, 0.1) is 5.92 Å². The van der Waals surface area contributed by atoms with Gasteiger partial charge in [0.05, 0.1) is 18.0 Å². The van der Waals surface area contributed by atoms with Gasteiger partial charge in [0.15, 0.2) is 6.10 Å². The molecule has 3 atom stereocenters. The summed E-state index contributed by atoms with van der Waals surface area (Å²) >= 11 is 1.56. The van der Waals surface area contributed by atoms with Crippen molar-refractivity contribution in [1.82, 2.24) is 4.90 Å². The predicted molar refractivity (Wildman–Crippen MR) is 111 cm³/mol. The molecule has 0 unspecified atom stereocenters. The first-order valence-corrected chi connectivity index (χ1v) is 10.7. The van der Waals surface area contributed by atoms with Gasteiger partial charge in [-0.25, -0.2) is 4.79 Å². The molecule has 0 aromatic heterocycles. The molecule has 2 heterocycles. The highest BCUT2D eigenvalue weighted by Crippen LogP contribution is 2.54. The van der Waals surface area contributed by atoms with Gasteiger partial charge in [0.1, 0.15) is 6.04 Å².